The maximum Gasteiger partial charge on any atom is 0.272 e. The molecule has 1 N–H and O–H groups in total. The van der Waals surface area contributed by atoms with Crippen molar-refractivity contribution >= 4 is 11.7 Å². The number of carbonyl (C=O) groups excluding carboxylic acids is 1. The summed E-state index contributed by atoms with van der Waals surface area (Å²) in [7, 11) is 0. The average molecular weight is 404 g/mol. The highest BCUT2D eigenvalue weighted by Gasteiger charge is 2.21. The van der Waals surface area contributed by atoms with Crippen LogP contribution in [0.1, 0.15) is 34.5 Å². The van der Waals surface area contributed by atoms with E-state index in [0.29, 0.717) is 12.5 Å². The Hall–Kier alpha value is -3.28. The van der Waals surface area contributed by atoms with Gasteiger partial charge in [0.2, 0.25) is 0 Å². The van der Waals surface area contributed by atoms with Crippen molar-refractivity contribution in [2.45, 2.75) is 25.8 Å². The van der Waals surface area contributed by atoms with Gasteiger partial charge in [0.25, 0.3) is 5.91 Å². The van der Waals surface area contributed by atoms with Gasteiger partial charge in [0.1, 0.15) is 5.82 Å². The monoisotopic (exact) mass is 404 g/mol. The van der Waals surface area contributed by atoms with E-state index in [1.807, 2.05) is 6.07 Å². The Bertz CT molecular complexity index is 953. The van der Waals surface area contributed by atoms with Crippen molar-refractivity contribution in [1.29, 1.82) is 0 Å². The quantitative estimate of drug-likeness (QED) is 0.675. The molecule has 154 valence electrons. The smallest absolute Gasteiger partial charge is 0.272 e. The SMILES string of the molecule is O=C(NCc1ccc(F)cc1)c1ccc(N2CCC(Cc3ccccc3)CC2)nn1. The van der Waals surface area contributed by atoms with Crippen LogP contribution in [0.25, 0.3) is 0 Å². The van der Waals surface area contributed by atoms with Crippen LogP contribution in [0, 0.1) is 11.7 Å². The van der Waals surface area contributed by atoms with Gasteiger partial charge in [-0.2, -0.15) is 0 Å². The van der Waals surface area contributed by atoms with Crippen LogP contribution in [0.15, 0.2) is 66.7 Å². The first-order valence-electron chi connectivity index (χ1n) is 10.3. The number of carbonyl (C=O) groups is 1. The van der Waals surface area contributed by atoms with Crippen LogP contribution in [0.3, 0.4) is 0 Å². The first-order chi connectivity index (χ1) is 14.7. The lowest BCUT2D eigenvalue weighted by Gasteiger charge is -2.32. The van der Waals surface area contributed by atoms with Gasteiger partial charge in [0, 0.05) is 19.6 Å². The van der Waals surface area contributed by atoms with E-state index in [2.05, 4.69) is 50.7 Å². The van der Waals surface area contributed by atoms with E-state index in [0.717, 1.165) is 43.7 Å². The minimum Gasteiger partial charge on any atom is -0.355 e. The standard InChI is InChI=1S/C24H25FN4O/c25-21-8-6-20(7-9-21)17-26-24(30)22-10-11-23(28-27-22)29-14-12-19(13-15-29)16-18-4-2-1-3-5-18/h1-11,19H,12-17H2,(H,26,30). The second-order valence-corrected chi connectivity index (χ2v) is 7.71. The van der Waals surface area contributed by atoms with Crippen molar-refractivity contribution in [1.82, 2.24) is 15.5 Å². The van der Waals surface area contributed by atoms with Gasteiger partial charge < -0.3 is 10.2 Å². The Morgan fingerprint density at radius 3 is 2.33 bits per heavy atom. The Balaban J connectivity index is 1.27. The molecule has 30 heavy (non-hydrogen) atoms. The highest BCUT2D eigenvalue weighted by Crippen LogP contribution is 2.24. The molecule has 2 heterocycles. The zero-order chi connectivity index (χ0) is 20.8. The number of benzene rings is 2. The van der Waals surface area contributed by atoms with Gasteiger partial charge in [-0.15, -0.1) is 10.2 Å². The summed E-state index contributed by atoms with van der Waals surface area (Å²) in [6.07, 6.45) is 3.36. The summed E-state index contributed by atoms with van der Waals surface area (Å²) < 4.78 is 13.0. The molecule has 1 aromatic heterocycles. The highest BCUT2D eigenvalue weighted by molar-refractivity contribution is 5.92. The first-order valence-corrected chi connectivity index (χ1v) is 10.3. The number of nitrogens with zero attached hydrogens (tertiary/aromatic N) is 3. The van der Waals surface area contributed by atoms with Crippen molar-refractivity contribution in [3.05, 3.63) is 89.4 Å². The molecule has 0 unspecified atom stereocenters. The number of amides is 1. The average Bonchev–Trinajstić information content (AvgIpc) is 2.80. The van der Waals surface area contributed by atoms with E-state index in [1.54, 1.807) is 18.2 Å². The number of hydrogen-bond acceptors (Lipinski definition) is 4. The lowest BCUT2D eigenvalue weighted by molar-refractivity contribution is 0.0945. The summed E-state index contributed by atoms with van der Waals surface area (Å²) in [5.41, 5.74) is 2.50. The summed E-state index contributed by atoms with van der Waals surface area (Å²) >= 11 is 0. The molecule has 0 atom stereocenters. The summed E-state index contributed by atoms with van der Waals surface area (Å²) in [6.45, 7) is 2.21. The molecule has 3 aromatic rings. The molecule has 1 amide bonds. The van der Waals surface area contributed by atoms with E-state index in [-0.39, 0.29) is 17.4 Å². The zero-order valence-corrected chi connectivity index (χ0v) is 16.8. The molecule has 0 radical (unpaired) electrons. The highest BCUT2D eigenvalue weighted by atomic mass is 19.1. The minimum atomic E-state index is -0.296. The summed E-state index contributed by atoms with van der Waals surface area (Å²) in [4.78, 5) is 14.5. The van der Waals surface area contributed by atoms with E-state index >= 15 is 0 Å². The molecular weight excluding hydrogens is 379 g/mol. The van der Waals surface area contributed by atoms with Crippen LogP contribution in [-0.4, -0.2) is 29.2 Å². The Morgan fingerprint density at radius 1 is 0.933 bits per heavy atom. The lowest BCUT2D eigenvalue weighted by Crippen LogP contribution is -2.35. The van der Waals surface area contributed by atoms with Gasteiger partial charge in [-0.05, 0) is 60.6 Å². The fourth-order valence-electron chi connectivity index (χ4n) is 3.80. The normalized spacial score (nSPS) is 14.5. The molecular formula is C24H25FN4O. The Kier molecular flexibility index (Phi) is 6.32. The fraction of sp³-hybridized carbons (Fsp3) is 0.292. The van der Waals surface area contributed by atoms with Gasteiger partial charge in [0.05, 0.1) is 0 Å². The van der Waals surface area contributed by atoms with Crippen molar-refractivity contribution in [3.63, 3.8) is 0 Å². The molecule has 6 heteroatoms. The largest absolute Gasteiger partial charge is 0.355 e. The van der Waals surface area contributed by atoms with E-state index < -0.39 is 0 Å². The maximum atomic E-state index is 13.0. The van der Waals surface area contributed by atoms with Gasteiger partial charge >= 0.3 is 0 Å². The third-order valence-corrected chi connectivity index (χ3v) is 5.56. The molecule has 1 aliphatic heterocycles. The van der Waals surface area contributed by atoms with E-state index in [9.17, 15) is 9.18 Å². The molecule has 2 aromatic carbocycles. The number of halogens is 1. The molecule has 1 saturated heterocycles. The molecule has 0 aliphatic carbocycles. The fourth-order valence-corrected chi connectivity index (χ4v) is 3.80. The molecule has 0 bridgehead atoms. The third-order valence-electron chi connectivity index (χ3n) is 5.56. The summed E-state index contributed by atoms with van der Waals surface area (Å²) in [6, 6.07) is 20.2. The van der Waals surface area contributed by atoms with Crippen LogP contribution < -0.4 is 10.2 Å². The van der Waals surface area contributed by atoms with Gasteiger partial charge in [-0.1, -0.05) is 42.5 Å². The number of piperidine rings is 1. The lowest BCUT2D eigenvalue weighted by atomic mass is 9.90. The number of anilines is 1. The van der Waals surface area contributed by atoms with Gasteiger partial charge in [-0.3, -0.25) is 4.79 Å². The first kappa shape index (κ1) is 20.0. The number of hydrogen-bond donors (Lipinski definition) is 1. The molecule has 5 nitrogen and oxygen atoms in total. The van der Waals surface area contributed by atoms with E-state index in [4.69, 9.17) is 0 Å². The second-order valence-electron chi connectivity index (χ2n) is 7.71. The predicted octanol–water partition coefficient (Wildman–Crippen LogP) is 4.00. The van der Waals surface area contributed by atoms with Crippen LogP contribution in [-0.2, 0) is 13.0 Å². The maximum absolute atomic E-state index is 13.0. The zero-order valence-electron chi connectivity index (χ0n) is 16.8. The number of aromatic nitrogens is 2. The number of rotatable bonds is 6. The second kappa shape index (κ2) is 9.48. The van der Waals surface area contributed by atoms with Gasteiger partial charge in [-0.25, -0.2) is 4.39 Å². The van der Waals surface area contributed by atoms with E-state index in [1.165, 1.54) is 17.7 Å². The topological polar surface area (TPSA) is 58.1 Å². The van der Waals surface area contributed by atoms with Crippen LogP contribution in [0.2, 0.25) is 0 Å². The Morgan fingerprint density at radius 2 is 1.67 bits per heavy atom. The minimum absolute atomic E-state index is 0.278. The molecule has 4 rings (SSSR count). The summed E-state index contributed by atoms with van der Waals surface area (Å²) in [5.74, 6) is 0.909. The number of nitrogens with one attached hydrogen (secondary N) is 1. The van der Waals surface area contributed by atoms with Crippen molar-refractivity contribution in [2.24, 2.45) is 5.92 Å². The van der Waals surface area contributed by atoms with Crippen LogP contribution in [0.4, 0.5) is 10.2 Å². The molecule has 1 fully saturated rings. The third kappa shape index (κ3) is 5.20. The van der Waals surface area contributed by atoms with Gasteiger partial charge in [0.15, 0.2) is 11.5 Å². The Labute approximate surface area is 176 Å². The summed E-state index contributed by atoms with van der Waals surface area (Å²) in [5, 5.41) is 11.2. The molecule has 0 saturated carbocycles. The van der Waals surface area contributed by atoms with Crippen molar-refractivity contribution < 1.29 is 9.18 Å². The molecule has 0 spiro atoms. The van der Waals surface area contributed by atoms with Crippen molar-refractivity contribution in [2.75, 3.05) is 18.0 Å². The van der Waals surface area contributed by atoms with Crippen LogP contribution in [0.5, 0.6) is 0 Å². The predicted molar refractivity (Wildman–Crippen MR) is 115 cm³/mol. The van der Waals surface area contributed by atoms with Crippen molar-refractivity contribution in [3.8, 4) is 0 Å². The molecule has 1 aliphatic rings. The van der Waals surface area contributed by atoms with Crippen LogP contribution >= 0.6 is 0 Å².